The number of aromatic nitrogens is 2. The average molecular weight is 671 g/mol. The summed E-state index contributed by atoms with van der Waals surface area (Å²) in [5.41, 5.74) is 1.24. The number of methoxy groups -OCH3 is 2. The maximum atomic E-state index is 14.1. The van der Waals surface area contributed by atoms with E-state index < -0.39 is 56.5 Å². The molecule has 3 aromatic rings. The Kier molecular flexibility index (Phi) is 10.8. The number of sulfone groups is 1. The van der Waals surface area contributed by atoms with Crippen LogP contribution in [0.3, 0.4) is 0 Å². The Hall–Kier alpha value is -4.59. The molecule has 1 unspecified atom stereocenters. The molecule has 0 radical (unpaired) electrons. The molecular weight excluding hydrogens is 628 g/mol. The van der Waals surface area contributed by atoms with E-state index in [0.717, 1.165) is 11.1 Å². The number of hydrogen-bond acceptors (Lipinski definition) is 9. The molecule has 14 heteroatoms. The van der Waals surface area contributed by atoms with Gasteiger partial charge in [-0.2, -0.15) is 0 Å². The minimum absolute atomic E-state index is 0.0233. The third-order valence-corrected chi connectivity index (χ3v) is 10.4. The van der Waals surface area contributed by atoms with Crippen LogP contribution in [0.15, 0.2) is 61.2 Å². The van der Waals surface area contributed by atoms with Crippen LogP contribution < -0.4 is 14.8 Å². The Balaban J connectivity index is 1.61. The molecule has 1 aliphatic heterocycles. The number of benzene rings is 2. The Bertz CT molecular complexity index is 1650. The van der Waals surface area contributed by atoms with E-state index in [0.29, 0.717) is 17.1 Å². The number of carbonyl (C=O) groups excluding carboxylic acids is 2. The summed E-state index contributed by atoms with van der Waals surface area (Å²) in [6, 6.07) is 11.0. The lowest BCUT2D eigenvalue weighted by Crippen LogP contribution is -2.64. The molecule has 47 heavy (non-hydrogen) atoms. The van der Waals surface area contributed by atoms with Crippen molar-refractivity contribution < 1.29 is 42.1 Å². The molecule has 1 aromatic heterocycles. The second-order valence-electron chi connectivity index (χ2n) is 12.4. The zero-order valence-corrected chi connectivity index (χ0v) is 28.1. The van der Waals surface area contributed by atoms with E-state index in [-0.39, 0.29) is 32.4 Å². The van der Waals surface area contributed by atoms with Gasteiger partial charge < -0.3 is 34.1 Å². The van der Waals surface area contributed by atoms with Gasteiger partial charge in [0.15, 0.2) is 14.6 Å². The van der Waals surface area contributed by atoms with Gasteiger partial charge in [0.2, 0.25) is 5.91 Å². The molecule has 0 aliphatic carbocycles. The summed E-state index contributed by atoms with van der Waals surface area (Å²) in [7, 11) is -1.15. The molecule has 254 valence electrons. The SMILES string of the molecule is COc1cccc(OC)c1-c1ccc(C[C@H](NC(=O)C2(S(=O)(=O)CCn3ccnc3)CCCN(C(=O)OC(C)(C)C)C2)C(=O)O)cc1. The van der Waals surface area contributed by atoms with Crippen LogP contribution in [-0.2, 0) is 37.1 Å². The van der Waals surface area contributed by atoms with E-state index in [1.807, 2.05) is 0 Å². The predicted octanol–water partition coefficient (Wildman–Crippen LogP) is 3.56. The van der Waals surface area contributed by atoms with Crippen LogP contribution in [0.4, 0.5) is 4.79 Å². The Labute approximate surface area is 274 Å². The molecule has 2 N–H and O–H groups in total. The number of piperidine rings is 1. The number of aryl methyl sites for hydroxylation is 1. The van der Waals surface area contributed by atoms with Crippen LogP contribution in [0, 0.1) is 0 Å². The summed E-state index contributed by atoms with van der Waals surface area (Å²) < 4.78 is 44.0. The fourth-order valence-corrected chi connectivity index (χ4v) is 7.58. The normalized spacial score (nSPS) is 17.4. The maximum absolute atomic E-state index is 14.1. The average Bonchev–Trinajstić information content (AvgIpc) is 3.56. The van der Waals surface area contributed by atoms with E-state index in [9.17, 15) is 27.9 Å². The Morgan fingerprint density at radius 3 is 2.28 bits per heavy atom. The molecule has 1 fully saturated rings. The summed E-state index contributed by atoms with van der Waals surface area (Å²) in [6.45, 7) is 4.80. The number of nitrogens with zero attached hydrogens (tertiary/aromatic N) is 3. The van der Waals surface area contributed by atoms with Gasteiger partial charge in [-0.05, 0) is 56.9 Å². The van der Waals surface area contributed by atoms with Gasteiger partial charge in [0.25, 0.3) is 0 Å². The summed E-state index contributed by atoms with van der Waals surface area (Å²) in [5.74, 6) is -1.54. The number of carboxylic acids is 1. The molecule has 2 aromatic carbocycles. The van der Waals surface area contributed by atoms with E-state index in [1.54, 1.807) is 88.2 Å². The molecule has 2 amide bonds. The summed E-state index contributed by atoms with van der Waals surface area (Å²) in [5, 5.41) is 12.7. The number of carbonyl (C=O) groups is 3. The van der Waals surface area contributed by atoms with Gasteiger partial charge in [0.05, 0.1) is 38.4 Å². The highest BCUT2D eigenvalue weighted by atomic mass is 32.2. The first-order chi connectivity index (χ1) is 22.2. The molecule has 4 rings (SSSR count). The largest absolute Gasteiger partial charge is 0.496 e. The van der Waals surface area contributed by atoms with E-state index >= 15 is 0 Å². The fraction of sp³-hybridized carbons (Fsp3) is 0.455. The Morgan fingerprint density at radius 1 is 1.06 bits per heavy atom. The van der Waals surface area contributed by atoms with Crippen molar-refractivity contribution in [2.45, 2.75) is 63.0 Å². The maximum Gasteiger partial charge on any atom is 0.410 e. The van der Waals surface area contributed by atoms with Gasteiger partial charge in [0, 0.05) is 31.9 Å². The van der Waals surface area contributed by atoms with Crippen LogP contribution in [0.5, 0.6) is 11.5 Å². The zero-order valence-electron chi connectivity index (χ0n) is 27.3. The third kappa shape index (κ3) is 8.23. The van der Waals surface area contributed by atoms with Crippen LogP contribution >= 0.6 is 0 Å². The third-order valence-electron chi connectivity index (χ3n) is 8.01. The first-order valence-electron chi connectivity index (χ1n) is 15.2. The molecule has 2 atom stereocenters. The number of hydrogen-bond donors (Lipinski definition) is 2. The number of ether oxygens (including phenoxy) is 3. The van der Waals surface area contributed by atoms with Crippen molar-refractivity contribution in [2.24, 2.45) is 0 Å². The van der Waals surface area contributed by atoms with E-state index in [2.05, 4.69) is 10.3 Å². The van der Waals surface area contributed by atoms with Crippen molar-refractivity contribution >= 4 is 27.8 Å². The van der Waals surface area contributed by atoms with Gasteiger partial charge >= 0.3 is 12.1 Å². The predicted molar refractivity (Wildman–Crippen MR) is 174 cm³/mol. The van der Waals surface area contributed by atoms with Crippen LogP contribution in [-0.4, -0.2) is 95.4 Å². The van der Waals surface area contributed by atoms with Gasteiger partial charge in [-0.3, -0.25) is 4.79 Å². The number of aliphatic carboxylic acids is 1. The minimum Gasteiger partial charge on any atom is -0.496 e. The highest BCUT2D eigenvalue weighted by Crippen LogP contribution is 2.38. The summed E-state index contributed by atoms with van der Waals surface area (Å²) in [6.07, 6.45) is 3.81. The monoisotopic (exact) mass is 670 g/mol. The van der Waals surface area contributed by atoms with Gasteiger partial charge in [-0.1, -0.05) is 30.3 Å². The number of likely N-dealkylation sites (tertiary alicyclic amines) is 1. The van der Waals surface area contributed by atoms with Crippen molar-refractivity contribution in [3.63, 3.8) is 0 Å². The lowest BCUT2D eigenvalue weighted by atomic mass is 9.95. The highest BCUT2D eigenvalue weighted by molar-refractivity contribution is 7.93. The number of carboxylic acid groups (broad SMARTS) is 1. The van der Waals surface area contributed by atoms with Crippen molar-refractivity contribution in [1.82, 2.24) is 19.8 Å². The van der Waals surface area contributed by atoms with Crippen molar-refractivity contribution in [3.8, 4) is 22.6 Å². The second-order valence-corrected chi connectivity index (χ2v) is 14.8. The van der Waals surface area contributed by atoms with Crippen LogP contribution in [0.1, 0.15) is 39.2 Å². The molecular formula is C33H42N4O9S. The summed E-state index contributed by atoms with van der Waals surface area (Å²) in [4.78, 5) is 44.7. The molecule has 0 saturated carbocycles. The standard InChI is InChI=1S/C33H42N4O9S/c1-32(2,3)46-31(41)37-16-7-14-33(21-37,47(42,43)19-18-36-17-15-34-22-36)30(40)35-25(29(38)39)20-23-10-12-24(13-11-23)28-26(44-4)8-6-9-27(28)45-5/h6,8-13,15,17,22,25H,7,14,16,18-21H2,1-5H3,(H,35,40)(H,38,39)/t25-,33?/m0/s1. The number of imidazole rings is 1. The van der Waals surface area contributed by atoms with Crippen molar-refractivity contribution in [2.75, 3.05) is 33.1 Å². The Morgan fingerprint density at radius 2 is 1.72 bits per heavy atom. The number of amides is 2. The van der Waals surface area contributed by atoms with Crippen LogP contribution in [0.2, 0.25) is 0 Å². The van der Waals surface area contributed by atoms with Gasteiger partial charge in [-0.25, -0.2) is 23.0 Å². The smallest absolute Gasteiger partial charge is 0.410 e. The fourth-order valence-electron chi connectivity index (χ4n) is 5.59. The zero-order chi connectivity index (χ0) is 34.4. The molecule has 13 nitrogen and oxygen atoms in total. The molecule has 2 heterocycles. The van der Waals surface area contributed by atoms with E-state index in [4.69, 9.17) is 14.2 Å². The molecule has 1 aliphatic rings. The van der Waals surface area contributed by atoms with Gasteiger partial charge in [-0.15, -0.1) is 0 Å². The lowest BCUT2D eigenvalue weighted by Gasteiger charge is -2.41. The molecule has 0 spiro atoms. The van der Waals surface area contributed by atoms with Crippen molar-refractivity contribution in [1.29, 1.82) is 0 Å². The molecule has 0 bridgehead atoms. The first-order valence-corrected chi connectivity index (χ1v) is 16.8. The van der Waals surface area contributed by atoms with Gasteiger partial charge in [0.1, 0.15) is 23.1 Å². The quantitative estimate of drug-likeness (QED) is 0.291. The topological polar surface area (TPSA) is 166 Å². The number of rotatable bonds is 12. The first kappa shape index (κ1) is 35.3. The second kappa shape index (κ2) is 14.4. The van der Waals surface area contributed by atoms with Crippen LogP contribution in [0.25, 0.3) is 11.1 Å². The van der Waals surface area contributed by atoms with E-state index in [1.165, 1.54) is 17.4 Å². The minimum atomic E-state index is -4.25. The summed E-state index contributed by atoms with van der Waals surface area (Å²) >= 11 is 0. The molecule has 1 saturated heterocycles. The van der Waals surface area contributed by atoms with Crippen molar-refractivity contribution in [3.05, 3.63) is 66.7 Å². The lowest BCUT2D eigenvalue weighted by molar-refractivity contribution is -0.142. The highest BCUT2D eigenvalue weighted by Gasteiger charge is 2.54. The number of nitrogens with one attached hydrogen (secondary N) is 1.